The molecule has 0 fully saturated rings. The molecule has 0 aliphatic heterocycles. The number of nitro benzene ring substituents is 1. The molecule has 3 N–H and O–H groups in total. The molecule has 0 aromatic heterocycles. The second-order valence-electron chi connectivity index (χ2n) is 6.00. The molecule has 0 heterocycles. The van der Waals surface area contributed by atoms with E-state index in [4.69, 9.17) is 0 Å². The van der Waals surface area contributed by atoms with Gasteiger partial charge in [0.1, 0.15) is 10.6 Å². The summed E-state index contributed by atoms with van der Waals surface area (Å²) in [5.74, 6) is -0.902. The van der Waals surface area contributed by atoms with E-state index < -0.39 is 25.8 Å². The maximum atomic E-state index is 12.6. The van der Waals surface area contributed by atoms with Gasteiger partial charge in [-0.15, -0.1) is 0 Å². The molecule has 0 spiro atoms. The number of hydrogen-bond donors (Lipinski definition) is 3. The molecule has 0 atom stereocenters. The molecule has 0 saturated heterocycles. The smallest absolute Gasteiger partial charge is 0.295 e. The van der Waals surface area contributed by atoms with Crippen LogP contribution in [0.4, 0.5) is 11.4 Å². The molecule has 0 aliphatic rings. The Morgan fingerprint density at radius 1 is 1.14 bits per heavy atom. The number of fused-ring (bicyclic) bond motifs is 1. The van der Waals surface area contributed by atoms with Crippen LogP contribution in [0.15, 0.2) is 53.4 Å². The number of phenols is 1. The first kappa shape index (κ1) is 19.3. The van der Waals surface area contributed by atoms with Gasteiger partial charge in [0, 0.05) is 28.0 Å². The molecule has 3 aromatic carbocycles. The van der Waals surface area contributed by atoms with Crippen LogP contribution in [0.2, 0.25) is 0 Å². The van der Waals surface area contributed by atoms with Crippen LogP contribution in [0.5, 0.6) is 5.75 Å². The molecule has 3 rings (SSSR count). The monoisotopic (exact) mass is 402 g/mol. The number of carbonyl (C=O) groups is 1. The summed E-state index contributed by atoms with van der Waals surface area (Å²) in [5.41, 5.74) is 0.427. The zero-order valence-corrected chi connectivity index (χ0v) is 15.2. The van der Waals surface area contributed by atoms with E-state index in [1.807, 2.05) is 0 Å². The average molecular weight is 402 g/mol. The minimum atomic E-state index is -4.55. The number of aromatic hydroxyl groups is 1. The van der Waals surface area contributed by atoms with Crippen LogP contribution in [-0.2, 0) is 10.1 Å². The van der Waals surface area contributed by atoms with E-state index in [0.29, 0.717) is 5.56 Å². The molecule has 9 nitrogen and oxygen atoms in total. The molecule has 3 aromatic rings. The Morgan fingerprint density at radius 3 is 2.46 bits per heavy atom. The quantitative estimate of drug-likeness (QED) is 0.345. The second kappa shape index (κ2) is 6.91. The number of nitrogens with zero attached hydrogens (tertiary/aromatic N) is 1. The summed E-state index contributed by atoms with van der Waals surface area (Å²) in [6.45, 7) is 1.50. The van der Waals surface area contributed by atoms with E-state index in [9.17, 15) is 33.0 Å². The summed E-state index contributed by atoms with van der Waals surface area (Å²) in [6.07, 6.45) is 0. The van der Waals surface area contributed by atoms with Crippen LogP contribution in [0.25, 0.3) is 10.8 Å². The highest BCUT2D eigenvalue weighted by atomic mass is 32.2. The van der Waals surface area contributed by atoms with E-state index in [1.165, 1.54) is 49.4 Å². The van der Waals surface area contributed by atoms with Crippen molar-refractivity contribution in [3.05, 3.63) is 69.8 Å². The summed E-state index contributed by atoms with van der Waals surface area (Å²) in [5, 5.41) is 23.7. The van der Waals surface area contributed by atoms with Crippen molar-refractivity contribution < 1.29 is 27.8 Å². The molecule has 0 unspecified atom stereocenters. The van der Waals surface area contributed by atoms with E-state index in [2.05, 4.69) is 5.32 Å². The lowest BCUT2D eigenvalue weighted by atomic mass is 10.1. The number of nitrogens with one attached hydrogen (secondary N) is 1. The fourth-order valence-corrected chi connectivity index (χ4v) is 3.57. The molecule has 10 heteroatoms. The van der Waals surface area contributed by atoms with Gasteiger partial charge in [-0.2, -0.15) is 8.42 Å². The van der Waals surface area contributed by atoms with Gasteiger partial charge < -0.3 is 10.4 Å². The lowest BCUT2D eigenvalue weighted by Crippen LogP contribution is -2.13. The highest BCUT2D eigenvalue weighted by Crippen LogP contribution is 2.36. The van der Waals surface area contributed by atoms with Crippen LogP contribution < -0.4 is 5.32 Å². The fraction of sp³-hybridized carbons (Fsp3) is 0.0556. The highest BCUT2D eigenvalue weighted by Gasteiger charge is 2.20. The van der Waals surface area contributed by atoms with Gasteiger partial charge >= 0.3 is 0 Å². The Hall–Kier alpha value is -3.50. The van der Waals surface area contributed by atoms with Crippen LogP contribution in [-0.4, -0.2) is 28.9 Å². The van der Waals surface area contributed by atoms with Crippen LogP contribution >= 0.6 is 0 Å². The number of hydrogen-bond acceptors (Lipinski definition) is 6. The normalized spacial score (nSPS) is 11.4. The Balaban J connectivity index is 2.07. The topological polar surface area (TPSA) is 147 Å². The second-order valence-corrected chi connectivity index (χ2v) is 7.39. The van der Waals surface area contributed by atoms with Gasteiger partial charge in [-0.25, -0.2) is 0 Å². The van der Waals surface area contributed by atoms with Gasteiger partial charge in [0.05, 0.1) is 10.6 Å². The first-order valence-corrected chi connectivity index (χ1v) is 9.32. The number of phenolic OH excluding ortho intramolecular Hbond substituents is 1. The van der Waals surface area contributed by atoms with Gasteiger partial charge in [-0.3, -0.25) is 19.5 Å². The number of aryl methyl sites for hydroxylation is 1. The molecule has 0 bridgehead atoms. The van der Waals surface area contributed by atoms with Crippen molar-refractivity contribution in [1.82, 2.24) is 0 Å². The standard InChI is InChI=1S/C18H14N2O7S/c1-10-9-11(5-7-14(10)20(23)24)18(22)19-13-6-8-16(28(25,26)27)12-3-2-4-15(21)17(12)13/h2-9,21H,1H3,(H,19,22)(H,25,26,27). The SMILES string of the molecule is Cc1cc(C(=O)Nc2ccc(S(=O)(=O)O)c3cccc(O)c23)ccc1[N+](=O)[O-]. The van der Waals surface area contributed by atoms with Gasteiger partial charge in [0.25, 0.3) is 21.7 Å². The zero-order valence-electron chi connectivity index (χ0n) is 14.4. The van der Waals surface area contributed by atoms with Crippen LogP contribution in [0.1, 0.15) is 15.9 Å². The van der Waals surface area contributed by atoms with Gasteiger partial charge in [-0.05, 0) is 37.3 Å². The third kappa shape index (κ3) is 3.50. The van der Waals surface area contributed by atoms with Gasteiger partial charge in [-0.1, -0.05) is 12.1 Å². The van der Waals surface area contributed by atoms with Crippen molar-refractivity contribution in [3.63, 3.8) is 0 Å². The van der Waals surface area contributed by atoms with Gasteiger partial charge in [0.2, 0.25) is 0 Å². The summed E-state index contributed by atoms with van der Waals surface area (Å²) in [6, 6.07) is 10.3. The third-order valence-electron chi connectivity index (χ3n) is 4.16. The molecule has 1 amide bonds. The Kier molecular flexibility index (Phi) is 4.75. The van der Waals surface area contributed by atoms with E-state index in [1.54, 1.807) is 0 Å². The first-order valence-electron chi connectivity index (χ1n) is 7.88. The number of nitro groups is 1. The average Bonchev–Trinajstić information content (AvgIpc) is 2.60. The zero-order chi connectivity index (χ0) is 20.6. The third-order valence-corrected chi connectivity index (χ3v) is 5.07. The fourth-order valence-electron chi connectivity index (χ4n) is 2.89. The molecule has 0 saturated carbocycles. The number of amides is 1. The van der Waals surface area contributed by atoms with Crippen molar-refractivity contribution >= 4 is 38.2 Å². The van der Waals surface area contributed by atoms with E-state index in [-0.39, 0.29) is 33.5 Å². The van der Waals surface area contributed by atoms with Crippen molar-refractivity contribution in [2.75, 3.05) is 5.32 Å². The van der Waals surface area contributed by atoms with E-state index >= 15 is 0 Å². The summed E-state index contributed by atoms with van der Waals surface area (Å²) in [4.78, 5) is 22.5. The van der Waals surface area contributed by atoms with Crippen LogP contribution in [0.3, 0.4) is 0 Å². The Bertz CT molecular complexity index is 1240. The molecule has 28 heavy (non-hydrogen) atoms. The molecule has 0 aliphatic carbocycles. The Morgan fingerprint density at radius 2 is 1.86 bits per heavy atom. The first-order chi connectivity index (χ1) is 13.1. The highest BCUT2D eigenvalue weighted by molar-refractivity contribution is 7.86. The molecular formula is C18H14N2O7S. The summed E-state index contributed by atoms with van der Waals surface area (Å²) in [7, 11) is -4.55. The Labute approximate surface area is 159 Å². The molecule has 144 valence electrons. The van der Waals surface area contributed by atoms with Crippen molar-refractivity contribution in [1.29, 1.82) is 0 Å². The lowest BCUT2D eigenvalue weighted by molar-refractivity contribution is -0.385. The van der Waals surface area contributed by atoms with E-state index in [0.717, 1.165) is 6.07 Å². The number of rotatable bonds is 4. The lowest BCUT2D eigenvalue weighted by Gasteiger charge is -2.12. The minimum absolute atomic E-state index is 0.0279. The van der Waals surface area contributed by atoms with Crippen molar-refractivity contribution in [3.8, 4) is 5.75 Å². The summed E-state index contributed by atoms with van der Waals surface area (Å²) < 4.78 is 32.5. The van der Waals surface area contributed by atoms with Crippen molar-refractivity contribution in [2.45, 2.75) is 11.8 Å². The molecule has 0 radical (unpaired) electrons. The summed E-state index contributed by atoms with van der Waals surface area (Å²) >= 11 is 0. The maximum absolute atomic E-state index is 12.6. The predicted octanol–water partition coefficient (Wildman–Crippen LogP) is 3.26. The maximum Gasteiger partial charge on any atom is 0.295 e. The number of benzene rings is 3. The largest absolute Gasteiger partial charge is 0.507 e. The van der Waals surface area contributed by atoms with Crippen LogP contribution in [0, 0.1) is 17.0 Å². The molecular weight excluding hydrogens is 388 g/mol. The van der Waals surface area contributed by atoms with Gasteiger partial charge in [0.15, 0.2) is 0 Å². The van der Waals surface area contributed by atoms with Crippen molar-refractivity contribution in [2.24, 2.45) is 0 Å². The minimum Gasteiger partial charge on any atom is -0.507 e. The predicted molar refractivity (Wildman–Crippen MR) is 101 cm³/mol. The number of anilines is 1. The number of carbonyl (C=O) groups excluding carboxylic acids is 1.